The van der Waals surface area contributed by atoms with Gasteiger partial charge in [-0.3, -0.25) is 4.79 Å². The summed E-state index contributed by atoms with van der Waals surface area (Å²) in [5.74, 6) is 0.529. The molecule has 1 aromatic carbocycles. The van der Waals surface area contributed by atoms with Crippen LogP contribution in [-0.4, -0.2) is 5.97 Å². The minimum absolute atomic E-state index is 0.168. The van der Waals surface area contributed by atoms with Crippen molar-refractivity contribution in [3.63, 3.8) is 0 Å². The molecule has 0 N–H and O–H groups in total. The van der Waals surface area contributed by atoms with Crippen molar-refractivity contribution in [1.29, 1.82) is 0 Å². The van der Waals surface area contributed by atoms with Crippen molar-refractivity contribution in [2.75, 3.05) is 0 Å². The molecule has 0 atom stereocenters. The fourth-order valence-corrected chi connectivity index (χ4v) is 1.40. The highest BCUT2D eigenvalue weighted by molar-refractivity contribution is 5.85. The molecule has 1 aromatic rings. The van der Waals surface area contributed by atoms with Crippen LogP contribution in [0.5, 0.6) is 0 Å². The number of carbonyl (C=O) groups is 1. The molecule has 0 aromatic heterocycles. The van der Waals surface area contributed by atoms with Gasteiger partial charge in [-0.2, -0.15) is 0 Å². The van der Waals surface area contributed by atoms with E-state index in [1.807, 2.05) is 37.3 Å². The maximum absolute atomic E-state index is 10.9. The van der Waals surface area contributed by atoms with Gasteiger partial charge in [0.05, 0.1) is 6.42 Å². The first-order chi connectivity index (χ1) is 6.27. The van der Waals surface area contributed by atoms with Crippen molar-refractivity contribution in [1.82, 2.24) is 0 Å². The Morgan fingerprint density at radius 2 is 2.08 bits per heavy atom. The third-order valence-corrected chi connectivity index (χ3v) is 2.09. The van der Waals surface area contributed by atoms with Gasteiger partial charge in [-0.25, -0.2) is 0 Å². The monoisotopic (exact) mass is 174 g/mol. The van der Waals surface area contributed by atoms with E-state index in [4.69, 9.17) is 4.74 Å². The quantitative estimate of drug-likeness (QED) is 0.610. The highest BCUT2D eigenvalue weighted by Crippen LogP contribution is 2.24. The predicted molar refractivity (Wildman–Crippen MR) is 49.9 cm³/mol. The summed E-state index contributed by atoms with van der Waals surface area (Å²) in [5.41, 5.74) is 2.14. The number of esters is 1. The second kappa shape index (κ2) is 3.05. The van der Waals surface area contributed by atoms with E-state index in [1.54, 1.807) is 0 Å². The van der Waals surface area contributed by atoms with Crippen LogP contribution in [0.3, 0.4) is 0 Å². The first kappa shape index (κ1) is 8.05. The lowest BCUT2D eigenvalue weighted by molar-refractivity contribution is -0.134. The average Bonchev–Trinajstić information content (AvgIpc) is 2.53. The number of benzene rings is 1. The molecule has 0 spiro atoms. The van der Waals surface area contributed by atoms with E-state index in [1.165, 1.54) is 0 Å². The van der Waals surface area contributed by atoms with Gasteiger partial charge in [-0.05, 0) is 18.6 Å². The van der Waals surface area contributed by atoms with Gasteiger partial charge in [-0.15, -0.1) is 0 Å². The molecule has 66 valence electrons. The maximum Gasteiger partial charge on any atom is 0.315 e. The fraction of sp³-hybridized carbons (Fsp3) is 0.182. The third kappa shape index (κ3) is 1.47. The minimum atomic E-state index is -0.168. The summed E-state index contributed by atoms with van der Waals surface area (Å²) in [7, 11) is 0. The first-order valence-electron chi connectivity index (χ1n) is 4.24. The van der Waals surface area contributed by atoms with Crippen molar-refractivity contribution in [3.8, 4) is 0 Å². The molecule has 1 heterocycles. The van der Waals surface area contributed by atoms with Gasteiger partial charge in [0, 0.05) is 5.56 Å². The number of cyclic esters (lactones) is 1. The fourth-order valence-electron chi connectivity index (χ4n) is 1.40. The van der Waals surface area contributed by atoms with Gasteiger partial charge in [0.2, 0.25) is 0 Å². The lowest BCUT2D eigenvalue weighted by Gasteiger charge is -2.04. The van der Waals surface area contributed by atoms with Gasteiger partial charge in [-0.1, -0.05) is 24.3 Å². The molecule has 0 fully saturated rings. The van der Waals surface area contributed by atoms with Crippen molar-refractivity contribution in [2.24, 2.45) is 0 Å². The Labute approximate surface area is 76.8 Å². The number of carbonyl (C=O) groups excluding carboxylic acids is 1. The molecule has 1 aliphatic rings. The summed E-state index contributed by atoms with van der Waals surface area (Å²) < 4.78 is 5.05. The molecule has 0 amide bonds. The summed E-state index contributed by atoms with van der Waals surface area (Å²) in [6, 6.07) is 7.87. The topological polar surface area (TPSA) is 26.3 Å². The van der Waals surface area contributed by atoms with Crippen molar-refractivity contribution in [2.45, 2.75) is 13.3 Å². The second-order valence-corrected chi connectivity index (χ2v) is 3.06. The van der Waals surface area contributed by atoms with Crippen LogP contribution in [0.1, 0.15) is 17.5 Å². The molecule has 2 rings (SSSR count). The smallest absolute Gasteiger partial charge is 0.315 e. The Morgan fingerprint density at radius 1 is 1.31 bits per heavy atom. The summed E-state index contributed by atoms with van der Waals surface area (Å²) in [6.45, 7) is 2.00. The molecule has 2 heteroatoms. The van der Waals surface area contributed by atoms with Crippen LogP contribution in [0.25, 0.3) is 5.76 Å². The lowest BCUT2D eigenvalue weighted by Crippen LogP contribution is -1.94. The predicted octanol–water partition coefficient (Wildman–Crippen LogP) is 2.28. The SMILES string of the molecule is Cc1ccccc1C1=CCC(=O)O1. The van der Waals surface area contributed by atoms with Crippen LogP contribution in [-0.2, 0) is 9.53 Å². The molecule has 1 aliphatic heterocycles. The molecule has 0 aliphatic carbocycles. The van der Waals surface area contributed by atoms with E-state index in [9.17, 15) is 4.79 Å². The van der Waals surface area contributed by atoms with Crippen LogP contribution in [0.2, 0.25) is 0 Å². The molecule has 2 nitrogen and oxygen atoms in total. The summed E-state index contributed by atoms with van der Waals surface area (Å²) in [5, 5.41) is 0. The standard InChI is InChI=1S/C11H10O2/c1-8-4-2-3-5-9(8)10-6-7-11(12)13-10/h2-6H,7H2,1H3. The van der Waals surface area contributed by atoms with Crippen LogP contribution in [0.4, 0.5) is 0 Å². The zero-order chi connectivity index (χ0) is 9.26. The van der Waals surface area contributed by atoms with Crippen molar-refractivity contribution >= 4 is 11.7 Å². The Bertz CT molecular complexity index is 377. The summed E-state index contributed by atoms with van der Waals surface area (Å²) >= 11 is 0. The Kier molecular flexibility index (Phi) is 1.89. The molecule has 0 radical (unpaired) electrons. The van der Waals surface area contributed by atoms with Crippen LogP contribution in [0, 0.1) is 6.92 Å². The zero-order valence-corrected chi connectivity index (χ0v) is 7.41. The maximum atomic E-state index is 10.9. The second-order valence-electron chi connectivity index (χ2n) is 3.06. The molecule has 0 unspecified atom stereocenters. The zero-order valence-electron chi connectivity index (χ0n) is 7.41. The van der Waals surface area contributed by atoms with Gasteiger partial charge in [0.15, 0.2) is 0 Å². The Balaban J connectivity index is 2.37. The highest BCUT2D eigenvalue weighted by Gasteiger charge is 2.16. The van der Waals surface area contributed by atoms with E-state index in [-0.39, 0.29) is 5.97 Å². The molecule has 0 saturated carbocycles. The van der Waals surface area contributed by atoms with Crippen LogP contribution >= 0.6 is 0 Å². The molecular formula is C11H10O2. The minimum Gasteiger partial charge on any atom is -0.426 e. The van der Waals surface area contributed by atoms with Crippen molar-refractivity contribution < 1.29 is 9.53 Å². The van der Waals surface area contributed by atoms with Crippen molar-refractivity contribution in [3.05, 3.63) is 41.5 Å². The Hall–Kier alpha value is -1.57. The van der Waals surface area contributed by atoms with Gasteiger partial charge in [0.1, 0.15) is 5.76 Å². The number of rotatable bonds is 1. The third-order valence-electron chi connectivity index (χ3n) is 2.09. The van der Waals surface area contributed by atoms with E-state index >= 15 is 0 Å². The van der Waals surface area contributed by atoms with E-state index in [2.05, 4.69) is 0 Å². The van der Waals surface area contributed by atoms with Gasteiger partial charge < -0.3 is 4.74 Å². The number of aryl methyl sites for hydroxylation is 1. The van der Waals surface area contributed by atoms with E-state index < -0.39 is 0 Å². The van der Waals surface area contributed by atoms with E-state index in [0.717, 1.165) is 11.1 Å². The van der Waals surface area contributed by atoms with Crippen LogP contribution < -0.4 is 0 Å². The largest absolute Gasteiger partial charge is 0.426 e. The lowest BCUT2D eigenvalue weighted by atomic mass is 10.1. The van der Waals surface area contributed by atoms with Gasteiger partial charge >= 0.3 is 5.97 Å². The number of ether oxygens (including phenoxy) is 1. The summed E-state index contributed by atoms with van der Waals surface area (Å²) in [4.78, 5) is 10.9. The average molecular weight is 174 g/mol. The highest BCUT2D eigenvalue weighted by atomic mass is 16.5. The molecular weight excluding hydrogens is 164 g/mol. The summed E-state index contributed by atoms with van der Waals surface area (Å²) in [6.07, 6.45) is 2.22. The molecule has 13 heavy (non-hydrogen) atoms. The van der Waals surface area contributed by atoms with Crippen LogP contribution in [0.15, 0.2) is 30.3 Å². The number of hydrogen-bond donors (Lipinski definition) is 0. The first-order valence-corrected chi connectivity index (χ1v) is 4.24. The van der Waals surface area contributed by atoms with Gasteiger partial charge in [0.25, 0.3) is 0 Å². The number of hydrogen-bond acceptors (Lipinski definition) is 2. The molecule has 0 bridgehead atoms. The normalized spacial score (nSPS) is 15.5. The van der Waals surface area contributed by atoms with E-state index in [0.29, 0.717) is 12.2 Å². The molecule has 0 saturated heterocycles. The Morgan fingerprint density at radius 3 is 2.69 bits per heavy atom.